The Morgan fingerprint density at radius 1 is 1.47 bits per heavy atom. The Balaban J connectivity index is 2.86. The number of aliphatic hydroxyl groups is 1. The first-order chi connectivity index (χ1) is 7.85. The molecule has 0 unspecified atom stereocenters. The molecule has 0 spiro atoms. The molecule has 0 bridgehead atoms. The molecular weight excluding hydrogens is 234 g/mol. The van der Waals surface area contributed by atoms with Gasteiger partial charge in [-0.15, -0.1) is 12.6 Å². The lowest BCUT2D eigenvalue weighted by molar-refractivity contribution is 0.0898. The minimum atomic E-state index is -0.412. The molecule has 1 amide bonds. The van der Waals surface area contributed by atoms with E-state index >= 15 is 0 Å². The third-order valence-electron chi connectivity index (χ3n) is 2.65. The third-order valence-corrected chi connectivity index (χ3v) is 2.93. The maximum Gasteiger partial charge on any atom is 0.251 e. The molecule has 1 rings (SSSR count). The Morgan fingerprint density at radius 3 is 2.71 bits per heavy atom. The lowest BCUT2D eigenvalue weighted by atomic mass is 9.99. The van der Waals surface area contributed by atoms with Crippen LogP contribution in [-0.2, 0) is 0 Å². The van der Waals surface area contributed by atoms with Gasteiger partial charge in [0.15, 0.2) is 0 Å². The highest BCUT2D eigenvalue weighted by Gasteiger charge is 2.21. The van der Waals surface area contributed by atoms with E-state index in [0.29, 0.717) is 12.0 Å². The molecule has 0 saturated heterocycles. The fraction of sp³-hybridized carbons (Fsp3) is 0.462. The molecule has 0 heterocycles. The van der Waals surface area contributed by atoms with Gasteiger partial charge in [-0.1, -0.05) is 6.07 Å². The van der Waals surface area contributed by atoms with Crippen molar-refractivity contribution in [2.75, 3.05) is 6.61 Å². The van der Waals surface area contributed by atoms with Crippen molar-refractivity contribution in [3.63, 3.8) is 0 Å². The molecule has 0 aliphatic rings. The summed E-state index contributed by atoms with van der Waals surface area (Å²) in [4.78, 5) is 12.8. The topological polar surface area (TPSA) is 49.3 Å². The number of hydrogen-bond donors (Lipinski definition) is 3. The molecule has 0 aliphatic carbocycles. The number of hydrogen-bond acceptors (Lipinski definition) is 3. The highest BCUT2D eigenvalue weighted by molar-refractivity contribution is 7.80. The molecule has 0 aromatic heterocycles. The van der Waals surface area contributed by atoms with E-state index in [1.165, 1.54) is 0 Å². The predicted molar refractivity (Wildman–Crippen MR) is 71.7 cm³/mol. The van der Waals surface area contributed by atoms with Crippen LogP contribution in [0.3, 0.4) is 0 Å². The first kappa shape index (κ1) is 14.1. The highest BCUT2D eigenvalue weighted by Crippen LogP contribution is 2.16. The van der Waals surface area contributed by atoms with Crippen LogP contribution in [0.15, 0.2) is 23.1 Å². The molecular formula is C13H19NO2S. The summed E-state index contributed by atoms with van der Waals surface area (Å²) in [5.74, 6) is -0.128. The summed E-state index contributed by atoms with van der Waals surface area (Å²) in [6.45, 7) is 5.72. The fourth-order valence-electron chi connectivity index (χ4n) is 1.57. The van der Waals surface area contributed by atoms with Gasteiger partial charge in [0, 0.05) is 22.6 Å². The molecule has 3 nitrogen and oxygen atoms in total. The van der Waals surface area contributed by atoms with Gasteiger partial charge in [0.2, 0.25) is 0 Å². The number of thiol groups is 1. The number of nitrogens with one attached hydrogen (secondary N) is 1. The van der Waals surface area contributed by atoms with Crippen LogP contribution in [0, 0.1) is 6.92 Å². The van der Waals surface area contributed by atoms with Gasteiger partial charge in [0.05, 0.1) is 0 Å². The Bertz CT molecular complexity index is 416. The van der Waals surface area contributed by atoms with Gasteiger partial charge < -0.3 is 10.4 Å². The fourth-order valence-corrected chi connectivity index (χ4v) is 1.77. The minimum absolute atomic E-state index is 0.0544. The van der Waals surface area contributed by atoms with Gasteiger partial charge in [0.25, 0.3) is 5.91 Å². The standard InChI is InChI=1S/C13H19NO2S/c1-9-4-5-10(17)8-11(9)12(16)14-13(2,3)6-7-15/h4-5,8,15,17H,6-7H2,1-3H3,(H,14,16). The monoisotopic (exact) mass is 253 g/mol. The van der Waals surface area contributed by atoms with Gasteiger partial charge in [-0.25, -0.2) is 0 Å². The second kappa shape index (κ2) is 5.56. The number of rotatable bonds is 4. The first-order valence-electron chi connectivity index (χ1n) is 5.59. The van der Waals surface area contributed by atoms with Crippen LogP contribution >= 0.6 is 12.6 Å². The van der Waals surface area contributed by atoms with E-state index in [1.807, 2.05) is 32.9 Å². The number of amides is 1. The highest BCUT2D eigenvalue weighted by atomic mass is 32.1. The molecule has 1 aromatic rings. The molecule has 4 heteroatoms. The van der Waals surface area contributed by atoms with Crippen molar-refractivity contribution in [3.05, 3.63) is 29.3 Å². The number of carbonyl (C=O) groups is 1. The molecule has 94 valence electrons. The summed E-state index contributed by atoms with van der Waals surface area (Å²) in [7, 11) is 0. The van der Waals surface area contributed by atoms with Gasteiger partial charge in [-0.05, 0) is 44.9 Å². The summed E-state index contributed by atoms with van der Waals surface area (Å²) >= 11 is 4.23. The number of aliphatic hydroxyl groups excluding tert-OH is 1. The second-order valence-corrected chi connectivity index (χ2v) is 5.33. The number of benzene rings is 1. The zero-order chi connectivity index (χ0) is 13.1. The summed E-state index contributed by atoms with van der Waals surface area (Å²) in [5, 5.41) is 11.8. The number of carbonyl (C=O) groups excluding carboxylic acids is 1. The minimum Gasteiger partial charge on any atom is -0.396 e. The first-order valence-corrected chi connectivity index (χ1v) is 6.03. The predicted octanol–water partition coefficient (Wildman–Crippen LogP) is 2.17. The van der Waals surface area contributed by atoms with Crippen LogP contribution in [-0.4, -0.2) is 23.2 Å². The normalized spacial score (nSPS) is 11.4. The van der Waals surface area contributed by atoms with Crippen molar-refractivity contribution in [1.82, 2.24) is 5.32 Å². The van der Waals surface area contributed by atoms with Crippen LogP contribution in [0.25, 0.3) is 0 Å². The average Bonchev–Trinajstić information content (AvgIpc) is 2.20. The van der Waals surface area contributed by atoms with Gasteiger partial charge in [-0.2, -0.15) is 0 Å². The molecule has 0 aliphatic heterocycles. The van der Waals surface area contributed by atoms with Gasteiger partial charge in [0.1, 0.15) is 0 Å². The Kier molecular flexibility index (Phi) is 4.60. The summed E-state index contributed by atoms with van der Waals surface area (Å²) in [5.41, 5.74) is 1.13. The van der Waals surface area contributed by atoms with Crippen molar-refractivity contribution < 1.29 is 9.90 Å². The molecule has 0 atom stereocenters. The Morgan fingerprint density at radius 2 is 2.12 bits per heavy atom. The van der Waals surface area contributed by atoms with E-state index in [9.17, 15) is 4.79 Å². The Hall–Kier alpha value is -1.00. The van der Waals surface area contributed by atoms with E-state index in [-0.39, 0.29) is 12.5 Å². The summed E-state index contributed by atoms with van der Waals surface area (Å²) in [6.07, 6.45) is 0.526. The number of aryl methyl sites for hydroxylation is 1. The van der Waals surface area contributed by atoms with Crippen LogP contribution in [0.1, 0.15) is 36.2 Å². The summed E-state index contributed by atoms with van der Waals surface area (Å²) < 4.78 is 0. The molecule has 1 aromatic carbocycles. The van der Waals surface area contributed by atoms with Crippen molar-refractivity contribution >= 4 is 18.5 Å². The lowest BCUT2D eigenvalue weighted by Gasteiger charge is -2.25. The van der Waals surface area contributed by atoms with Crippen LogP contribution in [0.5, 0.6) is 0 Å². The molecule has 0 saturated carbocycles. The molecule has 0 fully saturated rings. The largest absolute Gasteiger partial charge is 0.396 e. The zero-order valence-electron chi connectivity index (χ0n) is 10.4. The van der Waals surface area contributed by atoms with E-state index in [2.05, 4.69) is 17.9 Å². The SMILES string of the molecule is Cc1ccc(S)cc1C(=O)NC(C)(C)CCO. The summed E-state index contributed by atoms with van der Waals surface area (Å²) in [6, 6.07) is 5.48. The van der Waals surface area contributed by atoms with E-state index in [1.54, 1.807) is 6.07 Å². The quantitative estimate of drug-likeness (QED) is 0.720. The Labute approximate surface area is 108 Å². The van der Waals surface area contributed by atoms with Crippen LogP contribution in [0.2, 0.25) is 0 Å². The average molecular weight is 253 g/mol. The second-order valence-electron chi connectivity index (χ2n) is 4.81. The maximum atomic E-state index is 12.1. The maximum absolute atomic E-state index is 12.1. The van der Waals surface area contributed by atoms with E-state index in [4.69, 9.17) is 5.11 Å². The van der Waals surface area contributed by atoms with Crippen LogP contribution < -0.4 is 5.32 Å². The smallest absolute Gasteiger partial charge is 0.251 e. The third kappa shape index (κ3) is 4.06. The van der Waals surface area contributed by atoms with Crippen molar-refractivity contribution in [2.24, 2.45) is 0 Å². The van der Waals surface area contributed by atoms with Crippen molar-refractivity contribution in [1.29, 1.82) is 0 Å². The van der Waals surface area contributed by atoms with Crippen molar-refractivity contribution in [3.8, 4) is 0 Å². The molecule has 0 radical (unpaired) electrons. The lowest BCUT2D eigenvalue weighted by Crippen LogP contribution is -2.44. The van der Waals surface area contributed by atoms with E-state index < -0.39 is 5.54 Å². The van der Waals surface area contributed by atoms with E-state index in [0.717, 1.165) is 10.5 Å². The zero-order valence-corrected chi connectivity index (χ0v) is 11.3. The molecule has 2 N–H and O–H groups in total. The van der Waals surface area contributed by atoms with Crippen molar-refractivity contribution in [2.45, 2.75) is 37.6 Å². The molecule has 17 heavy (non-hydrogen) atoms. The van der Waals surface area contributed by atoms with Crippen LogP contribution in [0.4, 0.5) is 0 Å². The van der Waals surface area contributed by atoms with Gasteiger partial charge in [-0.3, -0.25) is 4.79 Å². The van der Waals surface area contributed by atoms with Gasteiger partial charge >= 0.3 is 0 Å².